The molecule has 1 fully saturated rings. The van der Waals surface area contributed by atoms with Gasteiger partial charge in [-0.05, 0) is 60.6 Å². The second-order valence-corrected chi connectivity index (χ2v) is 10.5. The summed E-state index contributed by atoms with van der Waals surface area (Å²) in [5.74, 6) is 1.26. The topological polar surface area (TPSA) is 108 Å². The van der Waals surface area contributed by atoms with Crippen molar-refractivity contribution < 1.29 is 4.79 Å². The lowest BCUT2D eigenvalue weighted by molar-refractivity contribution is -0.116. The zero-order valence-electron chi connectivity index (χ0n) is 19.9. The summed E-state index contributed by atoms with van der Waals surface area (Å²) in [6.07, 6.45) is 9.94. The molecule has 188 valence electrons. The first-order valence-electron chi connectivity index (χ1n) is 12.2. The number of nitrogens with one attached hydrogen (secondary N) is 3. The van der Waals surface area contributed by atoms with Gasteiger partial charge in [0, 0.05) is 48.7 Å². The van der Waals surface area contributed by atoms with Crippen molar-refractivity contribution in [3.05, 3.63) is 70.6 Å². The first-order chi connectivity index (χ1) is 18.1. The predicted molar refractivity (Wildman–Crippen MR) is 147 cm³/mol. The molecule has 1 aromatic carbocycles. The summed E-state index contributed by atoms with van der Waals surface area (Å²) >= 11 is 8.01. The highest BCUT2D eigenvalue weighted by Gasteiger charge is 2.26. The highest BCUT2D eigenvalue weighted by atomic mass is 35.5. The molecule has 1 saturated heterocycles. The molecule has 4 aromatic rings. The number of carbonyl (C=O) groups excluding carboxylic acids is 1. The number of hydrogen-bond donors (Lipinski definition) is 3. The fourth-order valence-electron chi connectivity index (χ4n) is 4.76. The molecule has 0 aliphatic carbocycles. The van der Waals surface area contributed by atoms with Crippen molar-refractivity contribution in [1.82, 2.24) is 19.9 Å². The molecule has 2 aliphatic rings. The SMILES string of the molecule is O=C(CC1CCN(c2nccs2)C1)Nc1ccc2cc1CCc1cncc(c1)Nc1ncc(Cl)c(n1)N2. The number of fused-ring (bicyclic) bond motifs is 6. The Bertz CT molecular complexity index is 1430. The third-order valence-corrected chi connectivity index (χ3v) is 7.68. The Morgan fingerprint density at radius 3 is 2.97 bits per heavy atom. The summed E-state index contributed by atoms with van der Waals surface area (Å²) in [5.41, 5.74) is 4.54. The van der Waals surface area contributed by atoms with Gasteiger partial charge in [0.05, 0.1) is 18.1 Å². The second kappa shape index (κ2) is 10.3. The van der Waals surface area contributed by atoms with Gasteiger partial charge >= 0.3 is 0 Å². The van der Waals surface area contributed by atoms with Gasteiger partial charge < -0.3 is 20.9 Å². The van der Waals surface area contributed by atoms with E-state index in [1.54, 1.807) is 23.7 Å². The third-order valence-electron chi connectivity index (χ3n) is 6.57. The van der Waals surface area contributed by atoms with Gasteiger partial charge in [-0.25, -0.2) is 9.97 Å². The molecule has 11 heteroatoms. The average Bonchev–Trinajstić information content (AvgIpc) is 3.58. The molecule has 3 N–H and O–H groups in total. The Morgan fingerprint density at radius 1 is 1.14 bits per heavy atom. The molecule has 5 heterocycles. The van der Waals surface area contributed by atoms with Crippen LogP contribution in [0.1, 0.15) is 24.0 Å². The molecule has 0 spiro atoms. The van der Waals surface area contributed by atoms with Crippen molar-refractivity contribution in [2.75, 3.05) is 33.9 Å². The smallest absolute Gasteiger partial charge is 0.229 e. The van der Waals surface area contributed by atoms with Crippen molar-refractivity contribution in [1.29, 1.82) is 0 Å². The summed E-state index contributed by atoms with van der Waals surface area (Å²) in [7, 11) is 0. The van der Waals surface area contributed by atoms with E-state index in [1.165, 1.54) is 0 Å². The van der Waals surface area contributed by atoms with Crippen LogP contribution < -0.4 is 20.9 Å². The van der Waals surface area contributed by atoms with Crippen molar-refractivity contribution >= 4 is 62.8 Å². The lowest BCUT2D eigenvalue weighted by atomic mass is 10.0. The van der Waals surface area contributed by atoms with Gasteiger partial charge in [0.25, 0.3) is 0 Å². The van der Waals surface area contributed by atoms with Gasteiger partial charge in [-0.3, -0.25) is 9.78 Å². The number of amides is 1. The number of carbonyl (C=O) groups is 1. The number of halogens is 1. The first kappa shape index (κ1) is 23.6. The highest BCUT2D eigenvalue weighted by Crippen LogP contribution is 2.31. The third kappa shape index (κ3) is 5.50. The molecule has 1 unspecified atom stereocenters. The van der Waals surface area contributed by atoms with Gasteiger partial charge in [0.1, 0.15) is 5.02 Å². The number of benzene rings is 1. The molecular formula is C26H25ClN8OS. The maximum absolute atomic E-state index is 13.0. The zero-order chi connectivity index (χ0) is 25.2. The number of thiazole rings is 1. The van der Waals surface area contributed by atoms with E-state index in [-0.39, 0.29) is 5.91 Å². The number of rotatable bonds is 4. The minimum atomic E-state index is 0.0298. The summed E-state index contributed by atoms with van der Waals surface area (Å²) in [6.45, 7) is 1.79. The van der Waals surface area contributed by atoms with Crippen LogP contribution in [0.2, 0.25) is 5.02 Å². The van der Waals surface area contributed by atoms with Crippen molar-refractivity contribution in [3.63, 3.8) is 0 Å². The van der Waals surface area contributed by atoms with E-state index in [0.717, 1.165) is 65.7 Å². The van der Waals surface area contributed by atoms with Crippen LogP contribution in [-0.4, -0.2) is 38.9 Å². The molecule has 0 radical (unpaired) electrons. The minimum Gasteiger partial charge on any atom is -0.348 e. The molecular weight excluding hydrogens is 508 g/mol. The van der Waals surface area contributed by atoms with Gasteiger partial charge in [0.2, 0.25) is 11.9 Å². The molecule has 6 bridgehead atoms. The number of nitrogens with zero attached hydrogens (tertiary/aromatic N) is 5. The molecule has 3 aromatic heterocycles. The maximum Gasteiger partial charge on any atom is 0.229 e. The van der Waals surface area contributed by atoms with E-state index >= 15 is 0 Å². The van der Waals surface area contributed by atoms with Crippen LogP contribution in [0, 0.1) is 5.92 Å². The van der Waals surface area contributed by atoms with Gasteiger partial charge in [0.15, 0.2) is 10.9 Å². The molecule has 2 aliphatic heterocycles. The Kier molecular flexibility index (Phi) is 6.58. The largest absolute Gasteiger partial charge is 0.348 e. The quantitative estimate of drug-likeness (QED) is 0.319. The number of pyridine rings is 1. The van der Waals surface area contributed by atoms with Crippen LogP contribution in [0.3, 0.4) is 0 Å². The summed E-state index contributed by atoms with van der Waals surface area (Å²) in [4.78, 5) is 32.9. The van der Waals surface area contributed by atoms with Crippen molar-refractivity contribution in [2.24, 2.45) is 5.92 Å². The van der Waals surface area contributed by atoms with Crippen molar-refractivity contribution in [3.8, 4) is 0 Å². The molecule has 1 atom stereocenters. The highest BCUT2D eigenvalue weighted by molar-refractivity contribution is 7.13. The first-order valence-corrected chi connectivity index (χ1v) is 13.4. The minimum absolute atomic E-state index is 0.0298. The van der Waals surface area contributed by atoms with Gasteiger partial charge in [-0.15, -0.1) is 11.3 Å². The maximum atomic E-state index is 13.0. The number of anilines is 6. The Balaban J connectivity index is 1.22. The lowest BCUT2D eigenvalue weighted by Gasteiger charge is -2.16. The van der Waals surface area contributed by atoms with Gasteiger partial charge in [-0.2, -0.15) is 4.98 Å². The van der Waals surface area contributed by atoms with Crippen LogP contribution in [0.5, 0.6) is 0 Å². The van der Waals surface area contributed by atoms with Crippen LogP contribution in [0.15, 0.2) is 54.4 Å². The normalized spacial score (nSPS) is 16.6. The molecule has 0 saturated carbocycles. The Labute approximate surface area is 223 Å². The monoisotopic (exact) mass is 532 g/mol. The average molecular weight is 533 g/mol. The molecule has 6 rings (SSSR count). The van der Waals surface area contributed by atoms with E-state index in [2.05, 4.69) is 40.8 Å². The Morgan fingerprint density at radius 2 is 2.08 bits per heavy atom. The van der Waals surface area contributed by atoms with Crippen LogP contribution in [0.4, 0.5) is 34.0 Å². The Hall–Kier alpha value is -3.76. The fraction of sp³-hybridized carbons (Fsp3) is 0.269. The molecule has 9 nitrogen and oxygen atoms in total. The van der Waals surface area contributed by atoms with Crippen LogP contribution >= 0.6 is 22.9 Å². The van der Waals surface area contributed by atoms with E-state index < -0.39 is 0 Å². The summed E-state index contributed by atoms with van der Waals surface area (Å²) in [5, 5.41) is 13.1. The van der Waals surface area contributed by atoms with Gasteiger partial charge in [-0.1, -0.05) is 11.6 Å². The predicted octanol–water partition coefficient (Wildman–Crippen LogP) is 5.42. The summed E-state index contributed by atoms with van der Waals surface area (Å²) < 4.78 is 0. The van der Waals surface area contributed by atoms with E-state index in [9.17, 15) is 4.79 Å². The van der Waals surface area contributed by atoms with E-state index in [1.807, 2.05) is 42.0 Å². The number of hydrogen-bond acceptors (Lipinski definition) is 9. The van der Waals surface area contributed by atoms with E-state index in [4.69, 9.17) is 11.6 Å². The van der Waals surface area contributed by atoms with E-state index in [0.29, 0.717) is 29.1 Å². The fourth-order valence-corrected chi connectivity index (χ4v) is 5.58. The van der Waals surface area contributed by atoms with Crippen molar-refractivity contribution in [2.45, 2.75) is 25.7 Å². The number of aryl methyl sites for hydroxylation is 2. The second-order valence-electron chi connectivity index (χ2n) is 9.26. The summed E-state index contributed by atoms with van der Waals surface area (Å²) in [6, 6.07) is 7.93. The standard InChI is InChI=1S/C26H25ClN8OS/c27-21-14-30-25-32-20-9-16(12-28-13-20)1-2-18-11-19(31-24(21)34-25)3-4-22(18)33-23(36)10-17-5-7-35(15-17)26-29-6-8-37-26/h3-4,6,8-9,11-14,17H,1-2,5,7,10,15H2,(H,33,36)(H2,30,31,32,34). The van der Waals surface area contributed by atoms with Crippen LogP contribution in [-0.2, 0) is 17.6 Å². The zero-order valence-corrected chi connectivity index (χ0v) is 21.5. The molecule has 37 heavy (non-hydrogen) atoms. The number of aromatic nitrogens is 4. The molecule has 1 amide bonds. The lowest BCUT2D eigenvalue weighted by Crippen LogP contribution is -2.22. The van der Waals surface area contributed by atoms with Crippen LogP contribution in [0.25, 0.3) is 0 Å².